The highest BCUT2D eigenvalue weighted by atomic mass is 32.2. The fourth-order valence-electron chi connectivity index (χ4n) is 4.60. The van der Waals surface area contributed by atoms with E-state index in [0.717, 1.165) is 18.5 Å². The predicted octanol–water partition coefficient (Wildman–Crippen LogP) is 2.62. The number of piperidine rings is 1. The van der Waals surface area contributed by atoms with Crippen molar-refractivity contribution in [3.63, 3.8) is 0 Å². The zero-order chi connectivity index (χ0) is 25.2. The molecule has 1 unspecified atom stereocenters. The molecule has 1 saturated heterocycles. The van der Waals surface area contributed by atoms with Gasteiger partial charge in [-0.1, -0.05) is 32.0 Å². The first kappa shape index (κ1) is 24.9. The molecule has 2 aromatic carbocycles. The minimum absolute atomic E-state index is 0.0934. The highest BCUT2D eigenvalue weighted by molar-refractivity contribution is 7.89. The summed E-state index contributed by atoms with van der Waals surface area (Å²) >= 11 is 0. The highest BCUT2D eigenvalue weighted by Gasteiger charge is 2.30. The lowest BCUT2D eigenvalue weighted by Crippen LogP contribution is -2.40. The van der Waals surface area contributed by atoms with E-state index in [9.17, 15) is 18.0 Å². The van der Waals surface area contributed by atoms with Gasteiger partial charge in [-0.15, -0.1) is 0 Å². The second-order valence-corrected chi connectivity index (χ2v) is 10.6. The van der Waals surface area contributed by atoms with Crippen molar-refractivity contribution in [3.8, 4) is 5.69 Å². The smallest absolute Gasteiger partial charge is 0.338 e. The van der Waals surface area contributed by atoms with Gasteiger partial charge in [-0.2, -0.15) is 9.40 Å². The first-order chi connectivity index (χ1) is 16.8. The molecule has 9 nitrogen and oxygen atoms in total. The zero-order valence-electron chi connectivity index (χ0n) is 20.3. The maximum atomic E-state index is 13.3. The van der Waals surface area contributed by atoms with Crippen molar-refractivity contribution >= 4 is 15.9 Å². The van der Waals surface area contributed by atoms with Gasteiger partial charge in [0.25, 0.3) is 5.91 Å². The number of para-hydroxylation sites is 1. The second-order valence-electron chi connectivity index (χ2n) is 8.64. The molecule has 35 heavy (non-hydrogen) atoms. The summed E-state index contributed by atoms with van der Waals surface area (Å²) in [5.74, 6) is 0.386. The van der Waals surface area contributed by atoms with Crippen molar-refractivity contribution in [2.24, 2.45) is 7.05 Å². The fourth-order valence-corrected chi connectivity index (χ4v) is 6.06. The van der Waals surface area contributed by atoms with Crippen LogP contribution in [0.3, 0.4) is 0 Å². The molecule has 0 spiro atoms. The maximum Gasteiger partial charge on any atom is 0.350 e. The van der Waals surface area contributed by atoms with E-state index >= 15 is 0 Å². The van der Waals surface area contributed by atoms with E-state index in [2.05, 4.69) is 5.10 Å². The molecule has 0 N–H and O–H groups in total. The molecule has 186 valence electrons. The third kappa shape index (κ3) is 4.81. The summed E-state index contributed by atoms with van der Waals surface area (Å²) in [7, 11) is -1.95. The van der Waals surface area contributed by atoms with Gasteiger partial charge in [0, 0.05) is 44.7 Å². The van der Waals surface area contributed by atoms with E-state index < -0.39 is 10.0 Å². The Hall–Kier alpha value is -3.24. The Morgan fingerprint density at radius 3 is 2.34 bits per heavy atom. The Labute approximate surface area is 205 Å². The Bertz CT molecular complexity index is 1340. The molecule has 0 bridgehead atoms. The number of nitrogens with zero attached hydrogens (tertiary/aromatic N) is 5. The van der Waals surface area contributed by atoms with Crippen LogP contribution in [0, 0.1) is 0 Å². The molecule has 3 aromatic rings. The number of hydrogen-bond acceptors (Lipinski definition) is 5. The summed E-state index contributed by atoms with van der Waals surface area (Å²) in [4.78, 5) is 28.0. The highest BCUT2D eigenvalue weighted by Crippen LogP contribution is 2.28. The minimum atomic E-state index is -3.58. The van der Waals surface area contributed by atoms with E-state index in [-0.39, 0.29) is 22.4 Å². The third-order valence-electron chi connectivity index (χ3n) is 6.48. The molecule has 0 radical (unpaired) electrons. The molecule has 1 aliphatic heterocycles. The van der Waals surface area contributed by atoms with Crippen LogP contribution in [0.25, 0.3) is 5.69 Å². The van der Waals surface area contributed by atoms with Crippen molar-refractivity contribution in [3.05, 3.63) is 76.5 Å². The average molecular weight is 498 g/mol. The van der Waals surface area contributed by atoms with Gasteiger partial charge in [-0.05, 0) is 49.2 Å². The third-order valence-corrected chi connectivity index (χ3v) is 8.55. The Kier molecular flexibility index (Phi) is 7.23. The van der Waals surface area contributed by atoms with Crippen molar-refractivity contribution in [1.29, 1.82) is 0 Å². The number of aromatic nitrogens is 3. The predicted molar refractivity (Wildman–Crippen MR) is 133 cm³/mol. The summed E-state index contributed by atoms with van der Waals surface area (Å²) in [5, 5.41) is 4.51. The van der Waals surface area contributed by atoms with Gasteiger partial charge < -0.3 is 4.90 Å². The molecule has 0 aliphatic carbocycles. The standard InChI is InChI=1S/C25H31N5O4S/c1-4-29(5-2)35(33,34)22-15-13-19(14-16-22)24(31)28-17-9-10-20(18-28)23-26-27(3)25(32)30(23)21-11-7-6-8-12-21/h6-8,11-16,20H,4-5,9-10,17-18H2,1-3H3. The SMILES string of the molecule is CCN(CC)S(=O)(=O)c1ccc(C(=O)N2CCCC(c3nn(C)c(=O)n3-c3ccccc3)C2)cc1. The largest absolute Gasteiger partial charge is 0.350 e. The number of benzene rings is 2. The summed E-state index contributed by atoms with van der Waals surface area (Å²) in [5.41, 5.74) is 0.958. The van der Waals surface area contributed by atoms with E-state index in [4.69, 9.17) is 0 Å². The molecule has 1 amide bonds. The molecule has 4 rings (SSSR count). The van der Waals surface area contributed by atoms with E-state index in [1.165, 1.54) is 21.1 Å². The molecule has 10 heteroatoms. The fraction of sp³-hybridized carbons (Fsp3) is 0.400. The van der Waals surface area contributed by atoms with Crippen molar-refractivity contribution in [2.45, 2.75) is 37.5 Å². The summed E-state index contributed by atoms with van der Waals surface area (Å²) in [6, 6.07) is 15.5. The van der Waals surface area contributed by atoms with Gasteiger partial charge in [0.1, 0.15) is 5.82 Å². The number of aryl methyl sites for hydroxylation is 1. The quantitative estimate of drug-likeness (QED) is 0.500. The lowest BCUT2D eigenvalue weighted by molar-refractivity contribution is 0.0703. The number of carbonyl (C=O) groups is 1. The van der Waals surface area contributed by atoms with E-state index in [1.807, 2.05) is 30.3 Å². The van der Waals surface area contributed by atoms with Crippen LogP contribution >= 0.6 is 0 Å². The monoisotopic (exact) mass is 497 g/mol. The van der Waals surface area contributed by atoms with Crippen LogP contribution in [-0.4, -0.2) is 64.1 Å². The summed E-state index contributed by atoms with van der Waals surface area (Å²) in [6.45, 7) is 5.39. The maximum absolute atomic E-state index is 13.3. The minimum Gasteiger partial charge on any atom is -0.338 e. The molecule has 1 aromatic heterocycles. The van der Waals surface area contributed by atoms with Crippen LogP contribution in [0.15, 0.2) is 64.3 Å². The van der Waals surface area contributed by atoms with Crippen LogP contribution in [-0.2, 0) is 17.1 Å². The van der Waals surface area contributed by atoms with Gasteiger partial charge >= 0.3 is 5.69 Å². The van der Waals surface area contributed by atoms with Crippen molar-refractivity contribution < 1.29 is 13.2 Å². The van der Waals surface area contributed by atoms with Gasteiger partial charge in [0.2, 0.25) is 10.0 Å². The average Bonchev–Trinajstić information content (AvgIpc) is 3.19. The summed E-state index contributed by atoms with van der Waals surface area (Å²) < 4.78 is 29.8. The number of sulfonamides is 1. The number of amides is 1. The number of likely N-dealkylation sites (tertiary alicyclic amines) is 1. The first-order valence-corrected chi connectivity index (χ1v) is 13.3. The van der Waals surface area contributed by atoms with Crippen molar-refractivity contribution in [1.82, 2.24) is 23.6 Å². The molecule has 1 atom stereocenters. The zero-order valence-corrected chi connectivity index (χ0v) is 21.1. The Balaban J connectivity index is 1.56. The van der Waals surface area contributed by atoms with E-state index in [0.29, 0.717) is 37.6 Å². The molecule has 1 fully saturated rings. The second kappa shape index (κ2) is 10.2. The molecular weight excluding hydrogens is 466 g/mol. The van der Waals surface area contributed by atoms with Crippen LogP contribution in [0.4, 0.5) is 0 Å². The lowest BCUT2D eigenvalue weighted by Gasteiger charge is -2.32. The normalized spacial score (nSPS) is 16.6. The van der Waals surface area contributed by atoms with Crippen LogP contribution in [0.2, 0.25) is 0 Å². The lowest BCUT2D eigenvalue weighted by atomic mass is 9.96. The first-order valence-electron chi connectivity index (χ1n) is 11.9. The molecule has 0 saturated carbocycles. The van der Waals surface area contributed by atoms with E-state index in [1.54, 1.807) is 42.5 Å². The topological polar surface area (TPSA) is 97.5 Å². The summed E-state index contributed by atoms with van der Waals surface area (Å²) in [6.07, 6.45) is 1.60. The Morgan fingerprint density at radius 2 is 1.71 bits per heavy atom. The van der Waals surface area contributed by atoms with Gasteiger partial charge in [-0.25, -0.2) is 22.5 Å². The van der Waals surface area contributed by atoms with Gasteiger partial charge in [-0.3, -0.25) is 4.79 Å². The van der Waals surface area contributed by atoms with Gasteiger partial charge in [0.05, 0.1) is 10.6 Å². The molecular formula is C25H31N5O4S. The van der Waals surface area contributed by atoms with Crippen LogP contribution < -0.4 is 5.69 Å². The Morgan fingerprint density at radius 1 is 1.06 bits per heavy atom. The number of hydrogen-bond donors (Lipinski definition) is 0. The van der Waals surface area contributed by atoms with Crippen LogP contribution in [0.1, 0.15) is 48.8 Å². The van der Waals surface area contributed by atoms with Crippen LogP contribution in [0.5, 0.6) is 0 Å². The number of rotatable bonds is 7. The van der Waals surface area contributed by atoms with Crippen molar-refractivity contribution in [2.75, 3.05) is 26.2 Å². The number of carbonyl (C=O) groups excluding carboxylic acids is 1. The molecule has 2 heterocycles. The van der Waals surface area contributed by atoms with Gasteiger partial charge in [0.15, 0.2) is 0 Å². The molecule has 1 aliphatic rings.